The maximum Gasteiger partial charge on any atom is 0.317 e. The van der Waals surface area contributed by atoms with Gasteiger partial charge in [0.25, 0.3) is 0 Å². The molecule has 0 radical (unpaired) electrons. The highest BCUT2D eigenvalue weighted by Gasteiger charge is 2.17. The van der Waals surface area contributed by atoms with Crippen LogP contribution in [0, 0.1) is 26.2 Å². The van der Waals surface area contributed by atoms with Crippen molar-refractivity contribution < 1.29 is 9.90 Å². The first-order valence-electron chi connectivity index (χ1n) is 5.91. The molecule has 1 aromatic carbocycles. The van der Waals surface area contributed by atoms with E-state index in [1.54, 1.807) is 4.90 Å². The molecule has 0 aliphatic rings. The second-order valence-corrected chi connectivity index (χ2v) is 4.60. The Kier molecular flexibility index (Phi) is 4.94. The van der Waals surface area contributed by atoms with Crippen molar-refractivity contribution in [3.05, 3.63) is 34.9 Å². The fourth-order valence-electron chi connectivity index (χ4n) is 2.08. The molecule has 3 nitrogen and oxygen atoms in total. The summed E-state index contributed by atoms with van der Waals surface area (Å²) in [7, 11) is 0. The lowest BCUT2D eigenvalue weighted by Crippen LogP contribution is -2.32. The maximum atomic E-state index is 10.8. The first kappa shape index (κ1) is 14.3. The summed E-state index contributed by atoms with van der Waals surface area (Å²) >= 11 is 0. The van der Waals surface area contributed by atoms with Crippen LogP contribution in [0.15, 0.2) is 18.2 Å². The summed E-state index contributed by atoms with van der Waals surface area (Å²) < 4.78 is 0. The zero-order chi connectivity index (χ0) is 13.7. The van der Waals surface area contributed by atoms with Gasteiger partial charge in [0.1, 0.15) is 0 Å². The largest absolute Gasteiger partial charge is 0.480 e. The monoisotopic (exact) mass is 245 g/mol. The van der Waals surface area contributed by atoms with E-state index in [4.69, 9.17) is 11.5 Å². The quantitative estimate of drug-likeness (QED) is 0.810. The Hall–Kier alpha value is -1.79. The van der Waals surface area contributed by atoms with E-state index in [-0.39, 0.29) is 12.6 Å². The zero-order valence-corrected chi connectivity index (χ0v) is 11.1. The van der Waals surface area contributed by atoms with Crippen LogP contribution in [-0.2, 0) is 4.79 Å². The molecule has 1 unspecified atom stereocenters. The smallest absolute Gasteiger partial charge is 0.317 e. The van der Waals surface area contributed by atoms with Gasteiger partial charge in [-0.25, -0.2) is 0 Å². The highest BCUT2D eigenvalue weighted by molar-refractivity contribution is 5.69. The number of carboxylic acids is 1. The number of aliphatic carboxylic acids is 1. The molecule has 0 aliphatic carbocycles. The summed E-state index contributed by atoms with van der Waals surface area (Å²) in [4.78, 5) is 12.6. The van der Waals surface area contributed by atoms with Crippen molar-refractivity contribution >= 4 is 5.97 Å². The molecule has 1 N–H and O–H groups in total. The van der Waals surface area contributed by atoms with Crippen molar-refractivity contribution in [1.82, 2.24) is 4.90 Å². The van der Waals surface area contributed by atoms with Gasteiger partial charge in [0.05, 0.1) is 13.1 Å². The SMILES string of the molecule is C#CCN(CC(=O)O)C(C)c1cc(C)cc(C)c1. The molecule has 0 aromatic heterocycles. The van der Waals surface area contributed by atoms with E-state index in [1.807, 2.05) is 20.8 Å². The number of rotatable bonds is 5. The Morgan fingerprint density at radius 3 is 2.39 bits per heavy atom. The number of benzene rings is 1. The number of terminal acetylenes is 1. The van der Waals surface area contributed by atoms with Crippen LogP contribution in [-0.4, -0.2) is 29.1 Å². The molecule has 0 spiro atoms. The summed E-state index contributed by atoms with van der Waals surface area (Å²) in [6.07, 6.45) is 5.30. The molecule has 0 bridgehead atoms. The van der Waals surface area contributed by atoms with Crippen LogP contribution >= 0.6 is 0 Å². The van der Waals surface area contributed by atoms with Gasteiger partial charge in [0.15, 0.2) is 0 Å². The number of carboxylic acid groups (broad SMARTS) is 1. The third-order valence-corrected chi connectivity index (χ3v) is 2.91. The summed E-state index contributed by atoms with van der Waals surface area (Å²) in [5.41, 5.74) is 3.45. The molecule has 0 saturated carbocycles. The van der Waals surface area contributed by atoms with Crippen LogP contribution in [0.3, 0.4) is 0 Å². The standard InChI is InChI=1S/C15H19NO2/c1-5-6-16(10-15(17)18)13(4)14-8-11(2)7-12(3)9-14/h1,7-9,13H,6,10H2,2-4H3,(H,17,18). The number of aryl methyl sites for hydroxylation is 2. The maximum absolute atomic E-state index is 10.8. The molecule has 1 aromatic rings. The van der Waals surface area contributed by atoms with Gasteiger partial charge in [-0.2, -0.15) is 0 Å². The highest BCUT2D eigenvalue weighted by atomic mass is 16.4. The van der Waals surface area contributed by atoms with Gasteiger partial charge in [-0.3, -0.25) is 9.69 Å². The van der Waals surface area contributed by atoms with E-state index in [9.17, 15) is 4.79 Å². The molecule has 0 amide bonds. The van der Waals surface area contributed by atoms with Crippen molar-refractivity contribution in [3.8, 4) is 12.3 Å². The van der Waals surface area contributed by atoms with Gasteiger partial charge in [-0.05, 0) is 26.3 Å². The summed E-state index contributed by atoms with van der Waals surface area (Å²) in [6, 6.07) is 6.24. The lowest BCUT2D eigenvalue weighted by Gasteiger charge is -2.26. The van der Waals surface area contributed by atoms with Gasteiger partial charge in [-0.1, -0.05) is 35.2 Å². The van der Waals surface area contributed by atoms with E-state index in [0.717, 1.165) is 5.56 Å². The van der Waals surface area contributed by atoms with Crippen LogP contribution < -0.4 is 0 Å². The Bertz CT molecular complexity index is 454. The number of hydrogen-bond donors (Lipinski definition) is 1. The molecule has 0 aliphatic heterocycles. The van der Waals surface area contributed by atoms with Crippen molar-refractivity contribution in [3.63, 3.8) is 0 Å². The van der Waals surface area contributed by atoms with Crippen LogP contribution in [0.5, 0.6) is 0 Å². The Balaban J connectivity index is 2.97. The average molecular weight is 245 g/mol. The molecule has 0 saturated heterocycles. The van der Waals surface area contributed by atoms with Gasteiger partial charge in [-0.15, -0.1) is 6.42 Å². The van der Waals surface area contributed by atoms with E-state index in [2.05, 4.69) is 24.1 Å². The van der Waals surface area contributed by atoms with Crippen molar-refractivity contribution in [2.45, 2.75) is 26.8 Å². The fraction of sp³-hybridized carbons (Fsp3) is 0.400. The van der Waals surface area contributed by atoms with Crippen LogP contribution in [0.1, 0.15) is 29.7 Å². The third kappa shape index (κ3) is 3.90. The van der Waals surface area contributed by atoms with Crippen LogP contribution in [0.2, 0.25) is 0 Å². The van der Waals surface area contributed by atoms with Crippen LogP contribution in [0.4, 0.5) is 0 Å². The molecular weight excluding hydrogens is 226 g/mol. The van der Waals surface area contributed by atoms with Crippen molar-refractivity contribution in [1.29, 1.82) is 0 Å². The Morgan fingerprint density at radius 1 is 1.39 bits per heavy atom. The summed E-state index contributed by atoms with van der Waals surface area (Å²) in [6.45, 7) is 6.34. The summed E-state index contributed by atoms with van der Waals surface area (Å²) in [5, 5.41) is 8.91. The molecule has 96 valence electrons. The molecule has 18 heavy (non-hydrogen) atoms. The number of hydrogen-bond acceptors (Lipinski definition) is 2. The molecule has 0 heterocycles. The summed E-state index contributed by atoms with van der Waals surface area (Å²) in [5.74, 6) is 1.66. The van der Waals surface area contributed by atoms with Gasteiger partial charge in [0, 0.05) is 6.04 Å². The minimum absolute atomic E-state index is 0.00394. The molecular formula is C15H19NO2. The predicted octanol–water partition coefficient (Wildman–Crippen LogP) is 2.38. The number of nitrogens with zero attached hydrogens (tertiary/aromatic N) is 1. The van der Waals surface area contributed by atoms with Gasteiger partial charge >= 0.3 is 5.97 Å². The Morgan fingerprint density at radius 2 is 1.94 bits per heavy atom. The zero-order valence-electron chi connectivity index (χ0n) is 11.1. The molecule has 1 atom stereocenters. The second kappa shape index (κ2) is 6.23. The minimum atomic E-state index is -0.860. The van der Waals surface area contributed by atoms with Crippen molar-refractivity contribution in [2.24, 2.45) is 0 Å². The molecule has 3 heteroatoms. The first-order chi connectivity index (χ1) is 8.43. The highest BCUT2D eigenvalue weighted by Crippen LogP contribution is 2.22. The third-order valence-electron chi connectivity index (χ3n) is 2.91. The van der Waals surface area contributed by atoms with E-state index < -0.39 is 5.97 Å². The molecule has 0 fully saturated rings. The van der Waals surface area contributed by atoms with Gasteiger partial charge < -0.3 is 5.11 Å². The number of carbonyl (C=O) groups is 1. The molecule has 1 rings (SSSR count). The lowest BCUT2D eigenvalue weighted by atomic mass is 10.0. The normalized spacial score (nSPS) is 12.2. The predicted molar refractivity (Wildman–Crippen MR) is 72.4 cm³/mol. The van der Waals surface area contributed by atoms with Gasteiger partial charge in [0.2, 0.25) is 0 Å². The van der Waals surface area contributed by atoms with E-state index >= 15 is 0 Å². The lowest BCUT2D eigenvalue weighted by molar-refractivity contribution is -0.138. The van der Waals surface area contributed by atoms with Crippen molar-refractivity contribution in [2.75, 3.05) is 13.1 Å². The topological polar surface area (TPSA) is 40.5 Å². The first-order valence-corrected chi connectivity index (χ1v) is 5.91. The minimum Gasteiger partial charge on any atom is -0.480 e. The fourth-order valence-corrected chi connectivity index (χ4v) is 2.08. The Labute approximate surface area is 108 Å². The average Bonchev–Trinajstić information content (AvgIpc) is 2.25. The second-order valence-electron chi connectivity index (χ2n) is 4.60. The van der Waals surface area contributed by atoms with E-state index in [0.29, 0.717) is 6.54 Å². The van der Waals surface area contributed by atoms with Crippen LogP contribution in [0.25, 0.3) is 0 Å². The van der Waals surface area contributed by atoms with E-state index in [1.165, 1.54) is 11.1 Å².